The van der Waals surface area contributed by atoms with Gasteiger partial charge in [-0.1, -0.05) is 35.5 Å². The molecular formula is C28H24F3N5O3S. The smallest absolute Gasteiger partial charge is 0.406 e. The van der Waals surface area contributed by atoms with E-state index in [0.29, 0.717) is 22.5 Å². The molecule has 2 aromatic heterocycles. The Kier molecular flexibility index (Phi) is 6.96. The van der Waals surface area contributed by atoms with Crippen LogP contribution < -0.4 is 4.74 Å². The molecule has 0 atom stereocenters. The van der Waals surface area contributed by atoms with Gasteiger partial charge < -0.3 is 9.30 Å². The zero-order valence-electron chi connectivity index (χ0n) is 21.7. The first-order valence-corrected chi connectivity index (χ1v) is 14.0. The van der Waals surface area contributed by atoms with E-state index in [0.717, 1.165) is 29.0 Å². The molecule has 0 spiro atoms. The molecule has 0 aliphatic rings. The Morgan fingerprint density at radius 2 is 1.68 bits per heavy atom. The fourth-order valence-electron chi connectivity index (χ4n) is 4.49. The van der Waals surface area contributed by atoms with Gasteiger partial charge in [-0.05, 0) is 66.9 Å². The Bertz CT molecular complexity index is 1810. The second kappa shape index (κ2) is 10.3. The summed E-state index contributed by atoms with van der Waals surface area (Å²) in [6, 6.07) is 18.0. The molecule has 0 saturated carbocycles. The predicted molar refractivity (Wildman–Crippen MR) is 142 cm³/mol. The zero-order valence-corrected chi connectivity index (χ0v) is 22.5. The van der Waals surface area contributed by atoms with Gasteiger partial charge in [0.1, 0.15) is 11.6 Å². The van der Waals surface area contributed by atoms with E-state index in [1.807, 2.05) is 48.9 Å². The molecule has 3 aromatic carbocycles. The molecule has 0 aliphatic carbocycles. The Morgan fingerprint density at radius 1 is 0.925 bits per heavy atom. The third-order valence-electron chi connectivity index (χ3n) is 6.20. The zero-order chi connectivity index (χ0) is 28.7. The van der Waals surface area contributed by atoms with E-state index in [-0.39, 0.29) is 17.1 Å². The summed E-state index contributed by atoms with van der Waals surface area (Å²) in [4.78, 5) is 4.70. The topological polar surface area (TPSA) is 91.9 Å². The number of sulfone groups is 1. The summed E-state index contributed by atoms with van der Waals surface area (Å²) >= 11 is 0. The first-order chi connectivity index (χ1) is 18.9. The molecule has 0 aliphatic heterocycles. The van der Waals surface area contributed by atoms with Gasteiger partial charge in [-0.3, -0.25) is 0 Å². The van der Waals surface area contributed by atoms with Crippen molar-refractivity contribution in [1.29, 1.82) is 0 Å². The van der Waals surface area contributed by atoms with Gasteiger partial charge in [0.15, 0.2) is 9.84 Å². The van der Waals surface area contributed by atoms with Gasteiger partial charge in [0.25, 0.3) is 0 Å². The minimum absolute atomic E-state index is 0.194. The van der Waals surface area contributed by atoms with Crippen LogP contribution in [-0.4, -0.2) is 45.6 Å². The van der Waals surface area contributed by atoms with Crippen molar-refractivity contribution in [1.82, 2.24) is 24.5 Å². The molecule has 40 heavy (non-hydrogen) atoms. The Hall–Kier alpha value is -4.45. The number of aromatic nitrogens is 5. The lowest BCUT2D eigenvalue weighted by atomic mass is 10.0. The van der Waals surface area contributed by atoms with Crippen LogP contribution in [0.5, 0.6) is 5.75 Å². The van der Waals surface area contributed by atoms with E-state index in [2.05, 4.69) is 20.0 Å². The molecule has 206 valence electrons. The molecule has 5 aromatic rings. The minimum atomic E-state index is -4.80. The maximum Gasteiger partial charge on any atom is 0.573 e. The van der Waals surface area contributed by atoms with Crippen LogP contribution in [0.15, 0.2) is 84.0 Å². The normalized spacial score (nSPS) is 12.1. The Morgan fingerprint density at radius 3 is 2.38 bits per heavy atom. The quantitative estimate of drug-likeness (QED) is 0.253. The first-order valence-electron chi connectivity index (χ1n) is 12.1. The van der Waals surface area contributed by atoms with Crippen molar-refractivity contribution in [3.05, 3.63) is 102 Å². The highest BCUT2D eigenvalue weighted by atomic mass is 32.2. The van der Waals surface area contributed by atoms with Crippen molar-refractivity contribution in [3.63, 3.8) is 0 Å². The highest BCUT2D eigenvalue weighted by molar-refractivity contribution is 7.90. The van der Waals surface area contributed by atoms with Crippen LogP contribution in [0, 0.1) is 13.8 Å². The van der Waals surface area contributed by atoms with E-state index < -0.39 is 16.2 Å². The monoisotopic (exact) mass is 567 g/mol. The summed E-state index contributed by atoms with van der Waals surface area (Å²) < 4.78 is 70.2. The van der Waals surface area contributed by atoms with E-state index in [1.165, 1.54) is 24.3 Å². The van der Waals surface area contributed by atoms with Gasteiger partial charge in [-0.2, -0.15) is 0 Å². The van der Waals surface area contributed by atoms with Gasteiger partial charge in [0, 0.05) is 18.9 Å². The summed E-state index contributed by atoms with van der Waals surface area (Å²) in [7, 11) is -3.42. The molecule has 0 N–H and O–H groups in total. The summed E-state index contributed by atoms with van der Waals surface area (Å²) in [6.45, 7) is 3.75. The Labute approximate surface area is 228 Å². The number of hydrogen-bond acceptors (Lipinski definition) is 6. The van der Waals surface area contributed by atoms with E-state index in [1.54, 1.807) is 29.1 Å². The third-order valence-corrected chi connectivity index (χ3v) is 7.31. The molecule has 0 saturated heterocycles. The molecule has 0 unspecified atom stereocenters. The van der Waals surface area contributed by atoms with Crippen molar-refractivity contribution in [2.75, 3.05) is 6.26 Å². The number of ether oxygens (including phenoxy) is 1. The van der Waals surface area contributed by atoms with Crippen LogP contribution in [-0.2, 0) is 16.3 Å². The standard InChI is InChI=1S/C28H24F3N5O3S/c1-18-17-35(19(2)33-18)26-11-10-22(21-7-5-9-25(14-21)40(3,37)38)15-27(26)36-23(16-32-34-36)12-20-6-4-8-24(13-20)39-28(29,30)31/h4-11,13-17H,12H2,1-3H3. The predicted octanol–water partition coefficient (Wildman–Crippen LogP) is 5.63. The fraction of sp³-hybridized carbons (Fsp3) is 0.179. The molecule has 0 radical (unpaired) electrons. The van der Waals surface area contributed by atoms with E-state index in [9.17, 15) is 21.6 Å². The number of nitrogens with zero attached hydrogens (tertiary/aromatic N) is 5. The van der Waals surface area contributed by atoms with Crippen molar-refractivity contribution >= 4 is 9.84 Å². The van der Waals surface area contributed by atoms with Gasteiger partial charge >= 0.3 is 6.36 Å². The van der Waals surface area contributed by atoms with Crippen LogP contribution in [0.1, 0.15) is 22.8 Å². The van der Waals surface area contributed by atoms with Crippen LogP contribution in [0.2, 0.25) is 0 Å². The van der Waals surface area contributed by atoms with Crippen LogP contribution in [0.25, 0.3) is 22.5 Å². The number of halogens is 3. The van der Waals surface area contributed by atoms with Crippen molar-refractivity contribution < 1.29 is 26.3 Å². The van der Waals surface area contributed by atoms with Crippen LogP contribution in [0.3, 0.4) is 0 Å². The molecule has 5 rings (SSSR count). The van der Waals surface area contributed by atoms with Crippen molar-refractivity contribution in [3.8, 4) is 28.3 Å². The molecule has 0 bridgehead atoms. The highest BCUT2D eigenvalue weighted by Crippen LogP contribution is 2.31. The maximum absolute atomic E-state index is 12.8. The average Bonchev–Trinajstić information content (AvgIpc) is 3.47. The van der Waals surface area contributed by atoms with E-state index >= 15 is 0 Å². The average molecular weight is 568 g/mol. The molecule has 0 fully saturated rings. The Balaban J connectivity index is 1.62. The number of hydrogen-bond donors (Lipinski definition) is 0. The number of alkyl halides is 3. The molecule has 2 heterocycles. The number of imidazole rings is 1. The SMILES string of the molecule is Cc1cn(-c2ccc(-c3cccc(S(C)(=O)=O)c3)cc2-n2nncc2Cc2cccc(OC(F)(F)F)c2)c(C)n1. The van der Waals surface area contributed by atoms with Crippen molar-refractivity contribution in [2.24, 2.45) is 0 Å². The lowest BCUT2D eigenvalue weighted by Crippen LogP contribution is -2.17. The van der Waals surface area contributed by atoms with Crippen molar-refractivity contribution in [2.45, 2.75) is 31.5 Å². The number of benzene rings is 3. The second-order valence-corrected chi connectivity index (χ2v) is 11.3. The van der Waals surface area contributed by atoms with Gasteiger partial charge in [-0.15, -0.1) is 18.3 Å². The first kappa shape index (κ1) is 27.1. The largest absolute Gasteiger partial charge is 0.573 e. The molecule has 8 nitrogen and oxygen atoms in total. The van der Waals surface area contributed by atoms with Gasteiger partial charge in [-0.25, -0.2) is 18.1 Å². The summed E-state index contributed by atoms with van der Waals surface area (Å²) in [6.07, 6.45) is 0.00165. The molecule has 12 heteroatoms. The lowest BCUT2D eigenvalue weighted by Gasteiger charge is -2.16. The van der Waals surface area contributed by atoms with Crippen LogP contribution in [0.4, 0.5) is 13.2 Å². The third kappa shape index (κ3) is 5.91. The second-order valence-electron chi connectivity index (χ2n) is 9.31. The minimum Gasteiger partial charge on any atom is -0.406 e. The number of aryl methyl sites for hydroxylation is 2. The summed E-state index contributed by atoms with van der Waals surface area (Å²) in [5.74, 6) is 0.422. The summed E-state index contributed by atoms with van der Waals surface area (Å²) in [5.41, 5.74) is 4.78. The fourth-order valence-corrected chi connectivity index (χ4v) is 5.15. The highest BCUT2D eigenvalue weighted by Gasteiger charge is 2.31. The number of rotatable bonds is 7. The molecular weight excluding hydrogens is 543 g/mol. The lowest BCUT2D eigenvalue weighted by molar-refractivity contribution is -0.274. The molecule has 0 amide bonds. The summed E-state index contributed by atoms with van der Waals surface area (Å²) in [5, 5.41) is 8.39. The van der Waals surface area contributed by atoms with Crippen LogP contribution >= 0.6 is 0 Å². The van der Waals surface area contributed by atoms with Gasteiger partial charge in [0.2, 0.25) is 0 Å². The van der Waals surface area contributed by atoms with Gasteiger partial charge in [0.05, 0.1) is 33.9 Å². The maximum atomic E-state index is 12.8. The van der Waals surface area contributed by atoms with E-state index in [4.69, 9.17) is 0 Å².